The molecule has 8 heteroatoms. The van der Waals surface area contributed by atoms with Gasteiger partial charge in [-0.3, -0.25) is 9.78 Å². The molecule has 0 aliphatic carbocycles. The average Bonchev–Trinajstić information content (AvgIpc) is 2.77. The lowest BCUT2D eigenvalue weighted by Crippen LogP contribution is -2.23. The molecule has 1 heterocycles. The molecule has 2 aromatic carbocycles. The molecule has 0 saturated heterocycles. The van der Waals surface area contributed by atoms with Gasteiger partial charge < -0.3 is 19.5 Å². The lowest BCUT2D eigenvalue weighted by molar-refractivity contribution is 0.0950. The van der Waals surface area contributed by atoms with Gasteiger partial charge in [0, 0.05) is 30.1 Å². The third-order valence-electron chi connectivity index (χ3n) is 4.42. The van der Waals surface area contributed by atoms with Gasteiger partial charge in [0.2, 0.25) is 5.75 Å². The van der Waals surface area contributed by atoms with Crippen molar-refractivity contribution in [1.29, 1.82) is 0 Å². The van der Waals surface area contributed by atoms with E-state index in [0.717, 1.165) is 0 Å². The number of halogens is 2. The third kappa shape index (κ3) is 5.24. The zero-order chi connectivity index (χ0) is 21.7. The van der Waals surface area contributed by atoms with E-state index in [1.165, 1.54) is 39.7 Å². The molecule has 0 aliphatic heterocycles. The molecule has 1 N–H and O–H groups in total. The summed E-state index contributed by atoms with van der Waals surface area (Å²) in [6.45, 7) is 0.186. The number of ether oxygens (including phenoxy) is 3. The van der Waals surface area contributed by atoms with Gasteiger partial charge in [-0.2, -0.15) is 0 Å². The Morgan fingerprint density at radius 1 is 1.06 bits per heavy atom. The molecule has 1 aromatic heterocycles. The quantitative estimate of drug-likeness (QED) is 0.544. The molecule has 3 rings (SSSR count). The van der Waals surface area contributed by atoms with Gasteiger partial charge in [-0.05, 0) is 29.8 Å². The molecule has 1 amide bonds. The summed E-state index contributed by atoms with van der Waals surface area (Å²) in [7, 11) is 4.46. The second-order valence-corrected chi connectivity index (χ2v) is 6.66. The number of benzene rings is 2. The van der Waals surface area contributed by atoms with Crippen molar-refractivity contribution >= 4 is 17.5 Å². The molecular formula is C23H24ClFN2O4. The van der Waals surface area contributed by atoms with Crippen molar-refractivity contribution in [1.82, 2.24) is 10.3 Å². The van der Waals surface area contributed by atoms with Crippen LogP contribution in [-0.2, 0) is 6.54 Å². The van der Waals surface area contributed by atoms with E-state index in [4.69, 9.17) is 25.8 Å². The molecule has 0 unspecified atom stereocenters. The van der Waals surface area contributed by atoms with Gasteiger partial charge in [-0.15, -0.1) is 0 Å². The van der Waals surface area contributed by atoms with Gasteiger partial charge in [0.25, 0.3) is 5.91 Å². The first-order valence-corrected chi connectivity index (χ1v) is 9.32. The number of nitrogens with one attached hydrogen (secondary N) is 1. The Labute approximate surface area is 185 Å². The van der Waals surface area contributed by atoms with Crippen molar-refractivity contribution in [3.63, 3.8) is 0 Å². The number of carbonyl (C=O) groups is 1. The maximum atomic E-state index is 13.3. The van der Waals surface area contributed by atoms with Crippen molar-refractivity contribution in [2.75, 3.05) is 21.3 Å². The van der Waals surface area contributed by atoms with Crippen molar-refractivity contribution in [2.45, 2.75) is 14.0 Å². The van der Waals surface area contributed by atoms with E-state index in [0.29, 0.717) is 44.5 Å². The first kappa shape index (κ1) is 24.0. The Balaban J connectivity index is 0.00000341. The fourth-order valence-electron chi connectivity index (χ4n) is 2.97. The van der Waals surface area contributed by atoms with Crippen LogP contribution in [0.3, 0.4) is 0 Å². The predicted molar refractivity (Wildman–Crippen MR) is 119 cm³/mol. The highest BCUT2D eigenvalue weighted by atomic mass is 35.5. The second kappa shape index (κ2) is 10.6. The van der Waals surface area contributed by atoms with Gasteiger partial charge in [-0.25, -0.2) is 4.39 Å². The van der Waals surface area contributed by atoms with E-state index in [9.17, 15) is 9.18 Å². The number of rotatable bonds is 7. The van der Waals surface area contributed by atoms with Crippen LogP contribution >= 0.6 is 11.6 Å². The fraction of sp³-hybridized carbons (Fsp3) is 0.217. The largest absolute Gasteiger partial charge is 0.493 e. The average molecular weight is 447 g/mol. The van der Waals surface area contributed by atoms with Gasteiger partial charge in [-0.1, -0.05) is 31.2 Å². The maximum absolute atomic E-state index is 13.3. The highest BCUT2D eigenvalue weighted by molar-refractivity contribution is 6.35. The van der Waals surface area contributed by atoms with Gasteiger partial charge in [0.05, 0.1) is 31.9 Å². The molecule has 6 nitrogen and oxygen atoms in total. The Morgan fingerprint density at radius 3 is 2.45 bits per heavy atom. The third-order valence-corrected chi connectivity index (χ3v) is 4.80. The van der Waals surface area contributed by atoms with Crippen LogP contribution in [0.1, 0.15) is 23.3 Å². The van der Waals surface area contributed by atoms with Crippen LogP contribution in [0.2, 0.25) is 5.02 Å². The van der Waals surface area contributed by atoms with Crippen LogP contribution < -0.4 is 19.5 Å². The summed E-state index contributed by atoms with van der Waals surface area (Å²) in [6.07, 6.45) is 3.02. The van der Waals surface area contributed by atoms with E-state index in [2.05, 4.69) is 10.3 Å². The van der Waals surface area contributed by atoms with E-state index >= 15 is 0 Å². The van der Waals surface area contributed by atoms with Crippen molar-refractivity contribution in [3.8, 4) is 28.4 Å². The highest BCUT2D eigenvalue weighted by Crippen LogP contribution is 2.47. The minimum Gasteiger partial charge on any atom is -0.493 e. The standard InChI is InChI=1S/C22H20ClFN2O4.CH4/c1-28-18-9-17(19(23)21(30-3)20(18)29-2)14-8-15(12-25-11-14)22(27)26-10-13-5-4-6-16(24)7-13;/h4-9,11-12H,10H2,1-3H3,(H,26,27);1H4. The lowest BCUT2D eigenvalue weighted by atomic mass is 10.0. The summed E-state index contributed by atoms with van der Waals surface area (Å²) in [5, 5.41) is 3.05. The second-order valence-electron chi connectivity index (χ2n) is 6.28. The van der Waals surface area contributed by atoms with Gasteiger partial charge in [0.1, 0.15) is 5.82 Å². The van der Waals surface area contributed by atoms with Crippen LogP contribution in [0.15, 0.2) is 48.8 Å². The number of carbonyl (C=O) groups excluding carboxylic acids is 1. The maximum Gasteiger partial charge on any atom is 0.253 e. The smallest absolute Gasteiger partial charge is 0.253 e. The zero-order valence-corrected chi connectivity index (χ0v) is 17.4. The molecule has 0 saturated carbocycles. The topological polar surface area (TPSA) is 69.7 Å². The normalized spacial score (nSPS) is 10.1. The van der Waals surface area contributed by atoms with Crippen LogP contribution in [-0.4, -0.2) is 32.2 Å². The zero-order valence-electron chi connectivity index (χ0n) is 16.7. The van der Waals surface area contributed by atoms with E-state index < -0.39 is 0 Å². The summed E-state index contributed by atoms with van der Waals surface area (Å²) >= 11 is 6.52. The Bertz CT molecular complexity index is 1080. The number of hydrogen-bond donors (Lipinski definition) is 1. The van der Waals surface area contributed by atoms with Crippen molar-refractivity contribution in [3.05, 3.63) is 70.8 Å². The molecule has 3 aromatic rings. The molecular weight excluding hydrogens is 423 g/mol. The summed E-state index contributed by atoms with van der Waals surface area (Å²) < 4.78 is 29.4. The number of hydrogen-bond acceptors (Lipinski definition) is 5. The number of methoxy groups -OCH3 is 3. The van der Waals surface area contributed by atoms with Crippen LogP contribution in [0.5, 0.6) is 17.2 Å². The molecule has 0 radical (unpaired) electrons. The van der Waals surface area contributed by atoms with Crippen LogP contribution in [0.25, 0.3) is 11.1 Å². The minimum absolute atomic E-state index is 0. The monoisotopic (exact) mass is 446 g/mol. The molecule has 31 heavy (non-hydrogen) atoms. The van der Waals surface area contributed by atoms with Crippen LogP contribution in [0, 0.1) is 5.82 Å². The van der Waals surface area contributed by atoms with Gasteiger partial charge >= 0.3 is 0 Å². The Hall–Kier alpha value is -3.32. The molecule has 0 fully saturated rings. The van der Waals surface area contributed by atoms with Gasteiger partial charge in [0.15, 0.2) is 11.5 Å². The summed E-state index contributed by atoms with van der Waals surface area (Å²) in [6, 6.07) is 9.37. The summed E-state index contributed by atoms with van der Waals surface area (Å²) in [5.74, 6) is 0.398. The predicted octanol–water partition coefficient (Wildman–Crippen LogP) is 5.13. The van der Waals surface area contributed by atoms with E-state index in [1.54, 1.807) is 30.5 Å². The molecule has 0 bridgehead atoms. The van der Waals surface area contributed by atoms with E-state index in [-0.39, 0.29) is 25.7 Å². The van der Waals surface area contributed by atoms with Crippen molar-refractivity contribution in [2.24, 2.45) is 0 Å². The number of pyridine rings is 1. The first-order chi connectivity index (χ1) is 14.5. The first-order valence-electron chi connectivity index (χ1n) is 8.95. The lowest BCUT2D eigenvalue weighted by Gasteiger charge is -2.16. The number of nitrogens with zero attached hydrogens (tertiary/aromatic N) is 1. The number of aromatic nitrogens is 1. The molecule has 0 spiro atoms. The van der Waals surface area contributed by atoms with Crippen LogP contribution in [0.4, 0.5) is 4.39 Å². The number of amides is 1. The molecule has 0 aliphatic rings. The minimum atomic E-state index is -0.359. The fourth-order valence-corrected chi connectivity index (χ4v) is 3.30. The molecule has 164 valence electrons. The Morgan fingerprint density at radius 2 is 1.81 bits per heavy atom. The van der Waals surface area contributed by atoms with Crippen molar-refractivity contribution < 1.29 is 23.4 Å². The SMILES string of the molecule is C.COc1cc(-c2cncc(C(=O)NCc3cccc(F)c3)c2)c(Cl)c(OC)c1OC. The molecule has 0 atom stereocenters. The Kier molecular flexibility index (Phi) is 8.22. The summed E-state index contributed by atoms with van der Waals surface area (Å²) in [5.41, 5.74) is 2.14. The summed E-state index contributed by atoms with van der Waals surface area (Å²) in [4.78, 5) is 16.7. The highest BCUT2D eigenvalue weighted by Gasteiger charge is 2.21. The van der Waals surface area contributed by atoms with E-state index in [1.807, 2.05) is 0 Å².